The van der Waals surface area contributed by atoms with Gasteiger partial charge in [-0.2, -0.15) is 0 Å². The summed E-state index contributed by atoms with van der Waals surface area (Å²) in [6.45, 7) is 2.32. The fourth-order valence-corrected chi connectivity index (χ4v) is 3.32. The highest BCUT2D eigenvalue weighted by Gasteiger charge is 2.34. The summed E-state index contributed by atoms with van der Waals surface area (Å²) in [7, 11) is 0. The minimum absolute atomic E-state index is 0.552. The molecule has 2 aliphatic carbocycles. The molecule has 15 heavy (non-hydrogen) atoms. The van der Waals surface area contributed by atoms with Crippen LogP contribution in [0.2, 0.25) is 0 Å². The standard InChI is InChI=1S/C13H23FO/c1-9-2-4-10(5-3-9)11-6-7-13(15)12(14)8-11/h9-13,15H,2-8H2,1H3. The van der Waals surface area contributed by atoms with Crippen LogP contribution >= 0.6 is 0 Å². The van der Waals surface area contributed by atoms with E-state index in [-0.39, 0.29) is 0 Å². The van der Waals surface area contributed by atoms with E-state index in [2.05, 4.69) is 6.92 Å². The molecule has 0 heterocycles. The van der Waals surface area contributed by atoms with Crippen LogP contribution in [0.1, 0.15) is 51.9 Å². The minimum Gasteiger partial charge on any atom is -0.390 e. The Balaban J connectivity index is 1.84. The van der Waals surface area contributed by atoms with Crippen molar-refractivity contribution < 1.29 is 9.50 Å². The van der Waals surface area contributed by atoms with Gasteiger partial charge in [0.15, 0.2) is 0 Å². The maximum Gasteiger partial charge on any atom is 0.126 e. The van der Waals surface area contributed by atoms with Gasteiger partial charge in [0.25, 0.3) is 0 Å². The molecule has 0 aliphatic heterocycles. The highest BCUT2D eigenvalue weighted by molar-refractivity contribution is 4.85. The van der Waals surface area contributed by atoms with Gasteiger partial charge in [0.05, 0.1) is 6.10 Å². The largest absolute Gasteiger partial charge is 0.390 e. The topological polar surface area (TPSA) is 20.2 Å². The molecule has 2 rings (SSSR count). The first kappa shape index (κ1) is 11.4. The van der Waals surface area contributed by atoms with E-state index in [1.165, 1.54) is 25.7 Å². The second-order valence-electron chi connectivity index (χ2n) is 5.68. The third-order valence-electron chi connectivity index (χ3n) is 4.51. The molecule has 3 unspecified atom stereocenters. The molecule has 0 aromatic rings. The number of halogens is 1. The first-order chi connectivity index (χ1) is 7.16. The Hall–Kier alpha value is -0.110. The zero-order valence-corrected chi connectivity index (χ0v) is 9.66. The van der Waals surface area contributed by atoms with Crippen molar-refractivity contribution in [2.45, 2.75) is 64.1 Å². The van der Waals surface area contributed by atoms with Gasteiger partial charge in [-0.3, -0.25) is 0 Å². The third kappa shape index (κ3) is 2.72. The Bertz CT molecular complexity index is 199. The van der Waals surface area contributed by atoms with Crippen molar-refractivity contribution in [3.8, 4) is 0 Å². The summed E-state index contributed by atoms with van der Waals surface area (Å²) in [5.74, 6) is 2.17. The predicted molar refractivity (Wildman–Crippen MR) is 59.4 cm³/mol. The molecule has 0 spiro atoms. The highest BCUT2D eigenvalue weighted by atomic mass is 19.1. The molecule has 0 amide bonds. The average Bonchev–Trinajstić information content (AvgIpc) is 2.23. The van der Waals surface area contributed by atoms with Gasteiger partial charge >= 0.3 is 0 Å². The number of aliphatic hydroxyl groups excluding tert-OH is 1. The second-order valence-corrected chi connectivity index (χ2v) is 5.68. The summed E-state index contributed by atoms with van der Waals surface area (Å²) in [6, 6.07) is 0. The minimum atomic E-state index is -0.955. The monoisotopic (exact) mass is 214 g/mol. The van der Waals surface area contributed by atoms with E-state index in [1.807, 2.05) is 0 Å². The Morgan fingerprint density at radius 2 is 1.53 bits per heavy atom. The summed E-state index contributed by atoms with van der Waals surface area (Å²) >= 11 is 0. The van der Waals surface area contributed by atoms with E-state index in [1.54, 1.807) is 0 Å². The lowest BCUT2D eigenvalue weighted by Gasteiger charge is -2.37. The molecule has 2 fully saturated rings. The predicted octanol–water partition coefficient (Wildman–Crippen LogP) is 3.31. The number of hydrogen-bond acceptors (Lipinski definition) is 1. The maximum atomic E-state index is 13.4. The summed E-state index contributed by atoms with van der Waals surface area (Å²) in [5.41, 5.74) is 0. The number of hydrogen-bond donors (Lipinski definition) is 1. The van der Waals surface area contributed by atoms with E-state index in [0.29, 0.717) is 18.8 Å². The maximum absolute atomic E-state index is 13.4. The third-order valence-corrected chi connectivity index (χ3v) is 4.51. The van der Waals surface area contributed by atoms with E-state index in [0.717, 1.165) is 18.3 Å². The van der Waals surface area contributed by atoms with Gasteiger partial charge < -0.3 is 5.11 Å². The van der Waals surface area contributed by atoms with E-state index in [4.69, 9.17) is 0 Å². The Morgan fingerprint density at radius 3 is 2.13 bits per heavy atom. The number of rotatable bonds is 1. The molecule has 2 heteroatoms. The van der Waals surface area contributed by atoms with Crippen molar-refractivity contribution in [1.29, 1.82) is 0 Å². The SMILES string of the molecule is CC1CCC(C2CCC(O)C(F)C2)CC1. The molecule has 1 nitrogen and oxygen atoms in total. The fourth-order valence-electron chi connectivity index (χ4n) is 3.32. The molecule has 0 aromatic heterocycles. The molecule has 0 bridgehead atoms. The molecule has 0 saturated heterocycles. The van der Waals surface area contributed by atoms with E-state index in [9.17, 15) is 9.50 Å². The summed E-state index contributed by atoms with van der Waals surface area (Å²) in [4.78, 5) is 0. The van der Waals surface area contributed by atoms with Crippen molar-refractivity contribution in [3.05, 3.63) is 0 Å². The normalized spacial score (nSPS) is 47.8. The average molecular weight is 214 g/mol. The Morgan fingerprint density at radius 1 is 0.933 bits per heavy atom. The van der Waals surface area contributed by atoms with Crippen molar-refractivity contribution in [3.63, 3.8) is 0 Å². The van der Waals surface area contributed by atoms with Gasteiger partial charge in [-0.05, 0) is 49.9 Å². The Kier molecular flexibility index (Phi) is 3.65. The van der Waals surface area contributed by atoms with Crippen LogP contribution in [0.5, 0.6) is 0 Å². The van der Waals surface area contributed by atoms with Crippen LogP contribution in [0.4, 0.5) is 4.39 Å². The van der Waals surface area contributed by atoms with Gasteiger partial charge in [-0.25, -0.2) is 4.39 Å². The molecule has 0 aromatic carbocycles. The van der Waals surface area contributed by atoms with Crippen LogP contribution in [0, 0.1) is 17.8 Å². The first-order valence-corrected chi connectivity index (χ1v) is 6.49. The van der Waals surface area contributed by atoms with Crippen LogP contribution in [0.15, 0.2) is 0 Å². The van der Waals surface area contributed by atoms with Crippen LogP contribution in [0.25, 0.3) is 0 Å². The van der Waals surface area contributed by atoms with Gasteiger partial charge in [0, 0.05) is 0 Å². The fraction of sp³-hybridized carbons (Fsp3) is 1.00. The summed E-state index contributed by atoms with van der Waals surface area (Å²) < 4.78 is 13.4. The lowest BCUT2D eigenvalue weighted by Crippen LogP contribution is -2.34. The zero-order valence-electron chi connectivity index (χ0n) is 9.66. The summed E-state index contributed by atoms with van der Waals surface area (Å²) in [5, 5.41) is 9.36. The lowest BCUT2D eigenvalue weighted by molar-refractivity contribution is 0.00594. The molecule has 88 valence electrons. The van der Waals surface area contributed by atoms with E-state index < -0.39 is 12.3 Å². The van der Waals surface area contributed by atoms with Crippen molar-refractivity contribution >= 4 is 0 Å². The van der Waals surface area contributed by atoms with Gasteiger partial charge in [0.1, 0.15) is 6.17 Å². The lowest BCUT2D eigenvalue weighted by atomic mass is 9.70. The van der Waals surface area contributed by atoms with Crippen molar-refractivity contribution in [1.82, 2.24) is 0 Å². The van der Waals surface area contributed by atoms with Crippen LogP contribution in [-0.2, 0) is 0 Å². The van der Waals surface area contributed by atoms with Gasteiger partial charge in [0.2, 0.25) is 0 Å². The Labute approximate surface area is 92.1 Å². The van der Waals surface area contributed by atoms with Crippen LogP contribution in [-0.4, -0.2) is 17.4 Å². The molecular formula is C13H23FO. The van der Waals surface area contributed by atoms with Crippen LogP contribution < -0.4 is 0 Å². The zero-order chi connectivity index (χ0) is 10.8. The van der Waals surface area contributed by atoms with Gasteiger partial charge in [-0.15, -0.1) is 0 Å². The molecule has 1 N–H and O–H groups in total. The van der Waals surface area contributed by atoms with Gasteiger partial charge in [-0.1, -0.05) is 19.8 Å². The quantitative estimate of drug-likeness (QED) is 0.710. The second kappa shape index (κ2) is 4.82. The smallest absolute Gasteiger partial charge is 0.126 e. The number of aliphatic hydroxyl groups is 1. The van der Waals surface area contributed by atoms with Crippen molar-refractivity contribution in [2.75, 3.05) is 0 Å². The molecule has 0 radical (unpaired) electrons. The molecule has 2 saturated carbocycles. The van der Waals surface area contributed by atoms with Crippen molar-refractivity contribution in [2.24, 2.45) is 17.8 Å². The van der Waals surface area contributed by atoms with Crippen LogP contribution in [0.3, 0.4) is 0 Å². The van der Waals surface area contributed by atoms with E-state index >= 15 is 0 Å². The highest BCUT2D eigenvalue weighted by Crippen LogP contribution is 2.40. The first-order valence-electron chi connectivity index (χ1n) is 6.49. The number of alkyl halides is 1. The molecular weight excluding hydrogens is 191 g/mol. The molecule has 3 atom stereocenters. The molecule has 2 aliphatic rings. The summed E-state index contributed by atoms with van der Waals surface area (Å²) in [6.07, 6.45) is 5.91.